The van der Waals surface area contributed by atoms with Crippen molar-refractivity contribution in [2.24, 2.45) is 5.10 Å². The number of likely N-dealkylation sites (tertiary alicyclic amines) is 1. The number of thioether (sulfide) groups is 1. The molecule has 2 aliphatic heterocycles. The molecular formula is C17H22N4O2S. The molecule has 6 nitrogen and oxygen atoms in total. The smallest absolute Gasteiger partial charge is 0.241 e. The van der Waals surface area contributed by atoms with Crippen LogP contribution in [-0.2, 0) is 14.5 Å². The molecule has 2 heterocycles. The van der Waals surface area contributed by atoms with Crippen molar-refractivity contribution in [3.8, 4) is 0 Å². The molecule has 1 fully saturated rings. The van der Waals surface area contributed by atoms with Crippen LogP contribution in [-0.4, -0.2) is 47.0 Å². The van der Waals surface area contributed by atoms with Crippen molar-refractivity contribution in [2.45, 2.75) is 31.1 Å². The Morgan fingerprint density at radius 2 is 2.12 bits per heavy atom. The van der Waals surface area contributed by atoms with Gasteiger partial charge in [-0.25, -0.2) is 5.01 Å². The maximum absolute atomic E-state index is 12.3. The van der Waals surface area contributed by atoms with Gasteiger partial charge in [0.05, 0.1) is 0 Å². The SMILES string of the molecule is CNCCC1(c2ccccc2)SC(N2CCCC2=O)=NN1C(C)=O. The first-order valence-electron chi connectivity index (χ1n) is 8.17. The number of benzene rings is 1. The lowest BCUT2D eigenvalue weighted by molar-refractivity contribution is -0.132. The predicted octanol–water partition coefficient (Wildman–Crippen LogP) is 1.94. The van der Waals surface area contributed by atoms with E-state index in [9.17, 15) is 9.59 Å². The molecule has 7 heteroatoms. The van der Waals surface area contributed by atoms with Gasteiger partial charge in [0.15, 0.2) is 5.17 Å². The second-order valence-electron chi connectivity index (χ2n) is 5.97. The molecule has 1 aromatic rings. The summed E-state index contributed by atoms with van der Waals surface area (Å²) in [6, 6.07) is 9.92. The van der Waals surface area contributed by atoms with Crippen LogP contribution in [0.2, 0.25) is 0 Å². The first kappa shape index (κ1) is 17.0. The Hall–Kier alpha value is -1.86. The average Bonchev–Trinajstić information content (AvgIpc) is 3.18. The number of carbonyl (C=O) groups is 2. The molecule has 0 saturated carbocycles. The van der Waals surface area contributed by atoms with Gasteiger partial charge in [0.25, 0.3) is 0 Å². The van der Waals surface area contributed by atoms with Gasteiger partial charge in [0.2, 0.25) is 11.8 Å². The molecule has 128 valence electrons. The summed E-state index contributed by atoms with van der Waals surface area (Å²) in [5, 5.41) is 9.88. The Morgan fingerprint density at radius 1 is 1.38 bits per heavy atom. The van der Waals surface area contributed by atoms with Gasteiger partial charge in [-0.2, -0.15) is 0 Å². The summed E-state index contributed by atoms with van der Waals surface area (Å²) in [5.74, 6) is -0.0358. The van der Waals surface area contributed by atoms with Crippen molar-refractivity contribution in [1.29, 1.82) is 0 Å². The molecule has 0 radical (unpaired) electrons. The van der Waals surface area contributed by atoms with E-state index in [1.807, 2.05) is 37.4 Å². The van der Waals surface area contributed by atoms with Crippen LogP contribution in [0, 0.1) is 0 Å². The van der Waals surface area contributed by atoms with E-state index < -0.39 is 4.87 Å². The zero-order valence-corrected chi connectivity index (χ0v) is 14.8. The third kappa shape index (κ3) is 2.93. The molecule has 0 aromatic heterocycles. The highest BCUT2D eigenvalue weighted by Gasteiger charge is 2.49. The quantitative estimate of drug-likeness (QED) is 0.905. The first-order chi connectivity index (χ1) is 11.6. The molecule has 0 aliphatic carbocycles. The Labute approximate surface area is 146 Å². The van der Waals surface area contributed by atoms with Gasteiger partial charge in [-0.15, -0.1) is 5.10 Å². The summed E-state index contributed by atoms with van der Waals surface area (Å²) in [5.41, 5.74) is 1.02. The zero-order valence-electron chi connectivity index (χ0n) is 14.0. The Bertz CT molecular complexity index is 664. The molecule has 24 heavy (non-hydrogen) atoms. The maximum atomic E-state index is 12.3. The molecule has 3 rings (SSSR count). The number of amides is 2. The highest BCUT2D eigenvalue weighted by Crippen LogP contribution is 2.49. The van der Waals surface area contributed by atoms with E-state index in [2.05, 4.69) is 10.4 Å². The molecule has 1 saturated heterocycles. The molecule has 1 N–H and O–H groups in total. The standard InChI is InChI=1S/C17H22N4O2S/c1-13(22)21-17(10-11-18-2,14-7-4-3-5-8-14)24-16(19-21)20-12-6-9-15(20)23/h3-5,7-8,18H,6,9-12H2,1-2H3. The largest absolute Gasteiger partial charge is 0.320 e. The highest BCUT2D eigenvalue weighted by atomic mass is 32.2. The van der Waals surface area contributed by atoms with Crippen LogP contribution in [0.4, 0.5) is 0 Å². The van der Waals surface area contributed by atoms with E-state index in [1.165, 1.54) is 18.7 Å². The minimum Gasteiger partial charge on any atom is -0.320 e. The number of nitrogens with zero attached hydrogens (tertiary/aromatic N) is 3. The lowest BCUT2D eigenvalue weighted by Gasteiger charge is -2.35. The molecule has 2 aliphatic rings. The third-order valence-electron chi connectivity index (χ3n) is 4.33. The van der Waals surface area contributed by atoms with Crippen molar-refractivity contribution >= 4 is 28.7 Å². The second-order valence-corrected chi connectivity index (χ2v) is 7.21. The lowest BCUT2D eigenvalue weighted by Crippen LogP contribution is -2.42. The van der Waals surface area contributed by atoms with Crippen LogP contribution in [0.25, 0.3) is 0 Å². The third-order valence-corrected chi connectivity index (χ3v) is 5.76. The number of carbonyl (C=O) groups excluding carboxylic acids is 2. The predicted molar refractivity (Wildman–Crippen MR) is 95.2 cm³/mol. The molecule has 1 atom stereocenters. The zero-order chi connectivity index (χ0) is 17.2. The highest BCUT2D eigenvalue weighted by molar-refractivity contribution is 8.14. The van der Waals surface area contributed by atoms with Crippen LogP contribution >= 0.6 is 11.8 Å². The van der Waals surface area contributed by atoms with E-state index in [0.29, 0.717) is 24.6 Å². The number of nitrogens with one attached hydrogen (secondary N) is 1. The van der Waals surface area contributed by atoms with Crippen LogP contribution in [0.5, 0.6) is 0 Å². The fraction of sp³-hybridized carbons (Fsp3) is 0.471. The van der Waals surface area contributed by atoms with Gasteiger partial charge >= 0.3 is 0 Å². The molecule has 2 amide bonds. The second kappa shape index (κ2) is 6.94. The molecule has 1 aromatic carbocycles. The minimum absolute atomic E-state index is 0.0854. The van der Waals surface area contributed by atoms with Crippen LogP contribution < -0.4 is 5.32 Å². The van der Waals surface area contributed by atoms with Crippen LogP contribution in [0.3, 0.4) is 0 Å². The number of hydrogen-bond donors (Lipinski definition) is 1. The topological polar surface area (TPSA) is 65.0 Å². The van der Waals surface area contributed by atoms with Crippen molar-refractivity contribution in [3.63, 3.8) is 0 Å². The average molecular weight is 346 g/mol. The Balaban J connectivity index is 2.01. The van der Waals surface area contributed by atoms with Crippen molar-refractivity contribution < 1.29 is 9.59 Å². The van der Waals surface area contributed by atoms with Gasteiger partial charge < -0.3 is 5.32 Å². The summed E-state index contributed by atoms with van der Waals surface area (Å²) < 4.78 is 0. The maximum Gasteiger partial charge on any atom is 0.241 e. The molecule has 0 bridgehead atoms. The number of amidine groups is 1. The lowest BCUT2D eigenvalue weighted by atomic mass is 10.0. The number of hydrazone groups is 1. The number of hydrogen-bond acceptors (Lipinski definition) is 5. The Morgan fingerprint density at radius 3 is 2.71 bits per heavy atom. The summed E-state index contributed by atoms with van der Waals surface area (Å²) in [6.45, 7) is 2.94. The summed E-state index contributed by atoms with van der Waals surface area (Å²) in [4.78, 5) is 25.5. The van der Waals surface area contributed by atoms with Gasteiger partial charge in [0, 0.05) is 19.9 Å². The summed E-state index contributed by atoms with van der Waals surface area (Å²) >= 11 is 1.51. The van der Waals surface area contributed by atoms with Gasteiger partial charge in [-0.1, -0.05) is 42.1 Å². The van der Waals surface area contributed by atoms with Crippen molar-refractivity contribution in [3.05, 3.63) is 35.9 Å². The molecular weight excluding hydrogens is 324 g/mol. The van der Waals surface area contributed by atoms with Gasteiger partial charge in [0.1, 0.15) is 4.87 Å². The van der Waals surface area contributed by atoms with E-state index >= 15 is 0 Å². The van der Waals surface area contributed by atoms with Crippen LogP contribution in [0.15, 0.2) is 35.4 Å². The fourth-order valence-corrected chi connectivity index (χ4v) is 4.58. The molecule has 0 spiro atoms. The Kier molecular flexibility index (Phi) is 4.91. The normalized spacial score (nSPS) is 23.8. The number of rotatable bonds is 4. The summed E-state index contributed by atoms with van der Waals surface area (Å²) in [7, 11) is 1.89. The van der Waals surface area contributed by atoms with E-state index in [0.717, 1.165) is 18.5 Å². The van der Waals surface area contributed by atoms with E-state index in [-0.39, 0.29) is 11.8 Å². The van der Waals surface area contributed by atoms with Crippen molar-refractivity contribution in [2.75, 3.05) is 20.1 Å². The van der Waals surface area contributed by atoms with Crippen molar-refractivity contribution in [1.82, 2.24) is 15.2 Å². The van der Waals surface area contributed by atoms with Gasteiger partial charge in [-0.3, -0.25) is 14.5 Å². The van der Waals surface area contributed by atoms with Gasteiger partial charge in [-0.05, 0) is 32.0 Å². The fourth-order valence-electron chi connectivity index (χ4n) is 3.14. The summed E-state index contributed by atoms with van der Waals surface area (Å²) in [6.07, 6.45) is 2.09. The monoisotopic (exact) mass is 346 g/mol. The first-order valence-corrected chi connectivity index (χ1v) is 8.99. The van der Waals surface area contributed by atoms with Crippen LogP contribution in [0.1, 0.15) is 31.7 Å². The van der Waals surface area contributed by atoms with E-state index in [4.69, 9.17) is 0 Å². The van der Waals surface area contributed by atoms with E-state index in [1.54, 1.807) is 9.91 Å². The minimum atomic E-state index is -0.617. The molecule has 1 unspecified atom stereocenters.